The van der Waals surface area contributed by atoms with Gasteiger partial charge in [-0.3, -0.25) is 0 Å². The summed E-state index contributed by atoms with van der Waals surface area (Å²) in [4.78, 5) is 4.27. The van der Waals surface area contributed by atoms with E-state index in [0.29, 0.717) is 11.9 Å². The van der Waals surface area contributed by atoms with E-state index in [1.165, 1.54) is 0 Å². The summed E-state index contributed by atoms with van der Waals surface area (Å²) < 4.78 is 27.3. The summed E-state index contributed by atoms with van der Waals surface area (Å²) in [6.07, 6.45) is 5.13. The van der Waals surface area contributed by atoms with Crippen LogP contribution in [0.1, 0.15) is 12.6 Å². The van der Waals surface area contributed by atoms with Gasteiger partial charge in [-0.25, -0.2) is 13.4 Å². The molecule has 0 aliphatic rings. The molecule has 7 heteroatoms. The molecule has 3 rings (SSSR count). The van der Waals surface area contributed by atoms with E-state index in [1.807, 2.05) is 28.2 Å². The number of halogens is 1. The van der Waals surface area contributed by atoms with Gasteiger partial charge in [0, 0.05) is 40.5 Å². The Bertz CT molecular complexity index is 896. The van der Waals surface area contributed by atoms with Crippen LogP contribution < -0.4 is 0 Å². The maximum atomic E-state index is 11.7. The van der Waals surface area contributed by atoms with Gasteiger partial charge >= 0.3 is 0 Å². The summed E-state index contributed by atoms with van der Waals surface area (Å²) >= 11 is 0. The zero-order chi connectivity index (χ0) is 15.0. The predicted molar refractivity (Wildman–Crippen MR) is 82.0 cm³/mol. The smallest absolute Gasteiger partial charge is 0.263 e. The van der Waals surface area contributed by atoms with Gasteiger partial charge in [0.1, 0.15) is 4.90 Å². The van der Waals surface area contributed by atoms with Gasteiger partial charge in [-0.15, -0.1) is 0 Å². The molecule has 2 heterocycles. The summed E-state index contributed by atoms with van der Waals surface area (Å²) in [7, 11) is 1.76. The van der Waals surface area contributed by atoms with Gasteiger partial charge in [-0.1, -0.05) is 18.2 Å². The third kappa shape index (κ3) is 2.56. The number of aromatic nitrogens is 3. The number of aryl methyl sites for hydroxylation is 1. The molecule has 110 valence electrons. The van der Waals surface area contributed by atoms with E-state index in [2.05, 4.69) is 4.98 Å². The topological polar surface area (TPSA) is 56.9 Å². The first-order valence-corrected chi connectivity index (χ1v) is 8.83. The second-order valence-electron chi connectivity index (χ2n) is 4.75. The zero-order valence-corrected chi connectivity index (χ0v) is 13.0. The Morgan fingerprint density at radius 2 is 2.00 bits per heavy atom. The van der Waals surface area contributed by atoms with Crippen LogP contribution in [0.15, 0.2) is 47.9 Å². The molecule has 0 saturated carbocycles. The molecule has 0 aliphatic carbocycles. The number of fused-ring (bicyclic) bond motifs is 1. The first-order valence-electron chi connectivity index (χ1n) is 6.52. The van der Waals surface area contributed by atoms with Crippen molar-refractivity contribution in [2.24, 2.45) is 0 Å². The van der Waals surface area contributed by atoms with Crippen LogP contribution in [-0.2, 0) is 22.1 Å². The molecular weight excluding hydrogens is 310 g/mol. The SMILES string of the molecule is CCn1cncc1Cn1cc(S(=O)(=O)Cl)c2ccccc21. The van der Waals surface area contributed by atoms with Crippen LogP contribution in [0.25, 0.3) is 10.9 Å². The lowest BCUT2D eigenvalue weighted by Gasteiger charge is -2.07. The van der Waals surface area contributed by atoms with Gasteiger partial charge in [0.15, 0.2) is 0 Å². The average molecular weight is 324 g/mol. The second kappa shape index (κ2) is 5.20. The van der Waals surface area contributed by atoms with E-state index in [1.54, 1.807) is 30.9 Å². The number of benzene rings is 1. The highest BCUT2D eigenvalue weighted by Crippen LogP contribution is 2.28. The molecule has 3 aromatic rings. The van der Waals surface area contributed by atoms with Crippen LogP contribution in [0, 0.1) is 0 Å². The van der Waals surface area contributed by atoms with Gasteiger partial charge in [-0.05, 0) is 13.0 Å². The summed E-state index contributed by atoms with van der Waals surface area (Å²) in [5.74, 6) is 0. The Hall–Kier alpha value is -1.79. The van der Waals surface area contributed by atoms with Crippen LogP contribution in [0.4, 0.5) is 0 Å². The number of rotatable bonds is 4. The van der Waals surface area contributed by atoms with Gasteiger partial charge in [0.25, 0.3) is 9.05 Å². The van der Waals surface area contributed by atoms with Crippen LogP contribution in [0.2, 0.25) is 0 Å². The third-order valence-corrected chi connectivity index (χ3v) is 4.84. The first-order chi connectivity index (χ1) is 10.0. The fourth-order valence-electron chi connectivity index (χ4n) is 2.48. The Balaban J connectivity index is 2.16. The van der Waals surface area contributed by atoms with E-state index in [4.69, 9.17) is 10.7 Å². The maximum absolute atomic E-state index is 11.7. The van der Waals surface area contributed by atoms with Crippen molar-refractivity contribution in [3.05, 3.63) is 48.7 Å². The van der Waals surface area contributed by atoms with E-state index >= 15 is 0 Å². The molecule has 0 fully saturated rings. The molecular formula is C14H14ClN3O2S. The number of para-hydroxylation sites is 1. The average Bonchev–Trinajstić information content (AvgIpc) is 3.03. The maximum Gasteiger partial charge on any atom is 0.263 e. The minimum Gasteiger partial charge on any atom is -0.340 e. The highest BCUT2D eigenvalue weighted by molar-refractivity contribution is 8.14. The lowest BCUT2D eigenvalue weighted by Crippen LogP contribution is -2.05. The van der Waals surface area contributed by atoms with Crippen LogP contribution in [0.5, 0.6) is 0 Å². The van der Waals surface area contributed by atoms with Gasteiger partial charge in [0.05, 0.1) is 18.6 Å². The normalized spacial score (nSPS) is 12.1. The molecule has 0 N–H and O–H groups in total. The molecule has 0 aliphatic heterocycles. The van der Waals surface area contributed by atoms with Crippen molar-refractivity contribution in [3.8, 4) is 0 Å². The Morgan fingerprint density at radius 3 is 2.71 bits per heavy atom. The van der Waals surface area contributed by atoms with E-state index in [9.17, 15) is 8.42 Å². The standard InChI is InChI=1S/C14H14ClN3O2S/c1-2-17-10-16-7-11(17)8-18-9-14(21(15,19)20)12-5-3-4-6-13(12)18/h3-7,9-10H,2,8H2,1H3. The van der Waals surface area contributed by atoms with Crippen molar-refractivity contribution in [2.75, 3.05) is 0 Å². The minimum atomic E-state index is -3.77. The van der Waals surface area contributed by atoms with Gasteiger partial charge in [-0.2, -0.15) is 0 Å². The van der Waals surface area contributed by atoms with Gasteiger partial charge in [0.2, 0.25) is 0 Å². The molecule has 0 radical (unpaired) electrons. The van der Waals surface area contributed by atoms with Crippen LogP contribution in [-0.4, -0.2) is 22.5 Å². The number of nitrogens with zero attached hydrogens (tertiary/aromatic N) is 3. The number of hydrogen-bond acceptors (Lipinski definition) is 3. The lowest BCUT2D eigenvalue weighted by molar-refractivity contribution is 0.609. The summed E-state index contributed by atoms with van der Waals surface area (Å²) in [6, 6.07) is 7.32. The predicted octanol–water partition coefficient (Wildman–Crippen LogP) is 2.83. The first kappa shape index (κ1) is 14.2. The molecule has 1 aromatic carbocycles. The Labute approximate surface area is 127 Å². The molecule has 0 atom stereocenters. The molecule has 21 heavy (non-hydrogen) atoms. The lowest BCUT2D eigenvalue weighted by atomic mass is 10.2. The summed E-state index contributed by atoms with van der Waals surface area (Å²) in [5.41, 5.74) is 1.84. The number of hydrogen-bond donors (Lipinski definition) is 0. The molecule has 0 saturated heterocycles. The quantitative estimate of drug-likeness (QED) is 0.694. The molecule has 2 aromatic heterocycles. The monoisotopic (exact) mass is 323 g/mol. The van der Waals surface area contributed by atoms with Crippen LogP contribution >= 0.6 is 10.7 Å². The molecule has 0 bridgehead atoms. The summed E-state index contributed by atoms with van der Waals surface area (Å²) in [5, 5.41) is 0.634. The highest BCUT2D eigenvalue weighted by Gasteiger charge is 2.18. The van der Waals surface area contributed by atoms with Crippen molar-refractivity contribution < 1.29 is 8.42 Å². The fourth-order valence-corrected chi connectivity index (χ4v) is 3.53. The van der Waals surface area contributed by atoms with Crippen LogP contribution in [0.3, 0.4) is 0 Å². The van der Waals surface area contributed by atoms with Crippen molar-refractivity contribution in [1.82, 2.24) is 14.1 Å². The zero-order valence-electron chi connectivity index (χ0n) is 11.4. The van der Waals surface area contributed by atoms with E-state index in [-0.39, 0.29) is 4.90 Å². The molecule has 0 spiro atoms. The largest absolute Gasteiger partial charge is 0.340 e. The Kier molecular flexibility index (Phi) is 3.51. The minimum absolute atomic E-state index is 0.141. The second-order valence-corrected chi connectivity index (χ2v) is 7.28. The van der Waals surface area contributed by atoms with E-state index < -0.39 is 9.05 Å². The van der Waals surface area contributed by atoms with Crippen molar-refractivity contribution >= 4 is 30.6 Å². The van der Waals surface area contributed by atoms with E-state index in [0.717, 1.165) is 17.8 Å². The Morgan fingerprint density at radius 1 is 1.24 bits per heavy atom. The highest BCUT2D eigenvalue weighted by atomic mass is 35.7. The number of imidazole rings is 1. The van der Waals surface area contributed by atoms with Crippen molar-refractivity contribution in [3.63, 3.8) is 0 Å². The van der Waals surface area contributed by atoms with Gasteiger partial charge < -0.3 is 9.13 Å². The third-order valence-electron chi connectivity index (χ3n) is 3.49. The van der Waals surface area contributed by atoms with Crippen molar-refractivity contribution in [2.45, 2.75) is 24.9 Å². The van der Waals surface area contributed by atoms with Crippen molar-refractivity contribution in [1.29, 1.82) is 0 Å². The molecule has 0 amide bonds. The molecule has 0 unspecified atom stereocenters. The summed E-state index contributed by atoms with van der Waals surface area (Å²) in [6.45, 7) is 3.39. The fraction of sp³-hybridized carbons (Fsp3) is 0.214. The molecule has 5 nitrogen and oxygen atoms in total.